The molecule has 5 heteroatoms. The highest BCUT2D eigenvalue weighted by atomic mass is 19.1. The first-order valence-electron chi connectivity index (χ1n) is 5.30. The van der Waals surface area contributed by atoms with Crippen LogP contribution in [-0.4, -0.2) is 17.9 Å². The van der Waals surface area contributed by atoms with Crippen molar-refractivity contribution in [1.29, 1.82) is 0 Å². The quantitative estimate of drug-likeness (QED) is 0.878. The predicted octanol–water partition coefficient (Wildman–Crippen LogP) is 1.79. The van der Waals surface area contributed by atoms with Crippen LogP contribution in [0.5, 0.6) is 0 Å². The molecule has 0 unspecified atom stereocenters. The number of nitrogens with one attached hydrogen (secondary N) is 1. The SMILES string of the molecule is CN(C(=O)c1c[nH]ccc1=O)c1cccc(F)c1. The first-order valence-corrected chi connectivity index (χ1v) is 5.30. The number of H-pyrrole nitrogens is 1. The summed E-state index contributed by atoms with van der Waals surface area (Å²) in [5.41, 5.74) is 0.0366. The minimum absolute atomic E-state index is 0.0178. The molecular formula is C13H11FN2O2. The standard InChI is InChI=1S/C13H11FN2O2/c1-16(10-4-2-3-9(14)7-10)13(18)11-8-15-6-5-12(11)17/h2-8H,1H3,(H,15,17). The van der Waals surface area contributed by atoms with E-state index in [2.05, 4.69) is 4.98 Å². The van der Waals surface area contributed by atoms with Gasteiger partial charge < -0.3 is 9.88 Å². The topological polar surface area (TPSA) is 53.2 Å². The van der Waals surface area contributed by atoms with E-state index in [1.807, 2.05) is 0 Å². The predicted molar refractivity (Wildman–Crippen MR) is 66.2 cm³/mol. The number of aromatic amines is 1. The molecule has 0 aliphatic carbocycles. The van der Waals surface area contributed by atoms with Gasteiger partial charge in [0.25, 0.3) is 5.91 Å². The van der Waals surface area contributed by atoms with Gasteiger partial charge in [-0.25, -0.2) is 4.39 Å². The molecule has 92 valence electrons. The summed E-state index contributed by atoms with van der Waals surface area (Å²) in [7, 11) is 1.49. The van der Waals surface area contributed by atoms with Crippen LogP contribution in [0.25, 0.3) is 0 Å². The monoisotopic (exact) mass is 246 g/mol. The van der Waals surface area contributed by atoms with Crippen LogP contribution in [0.4, 0.5) is 10.1 Å². The molecule has 0 fully saturated rings. The van der Waals surface area contributed by atoms with Gasteiger partial charge in [0.1, 0.15) is 11.4 Å². The van der Waals surface area contributed by atoms with Gasteiger partial charge in [0.05, 0.1) is 0 Å². The fourth-order valence-corrected chi connectivity index (χ4v) is 1.57. The van der Waals surface area contributed by atoms with Gasteiger partial charge in [0.15, 0.2) is 5.43 Å². The molecule has 0 saturated heterocycles. The lowest BCUT2D eigenvalue weighted by Crippen LogP contribution is -2.30. The van der Waals surface area contributed by atoms with Crippen LogP contribution in [0.15, 0.2) is 47.5 Å². The normalized spacial score (nSPS) is 10.1. The molecule has 4 nitrogen and oxygen atoms in total. The van der Waals surface area contributed by atoms with E-state index < -0.39 is 11.7 Å². The number of carbonyl (C=O) groups is 1. The van der Waals surface area contributed by atoms with Crippen LogP contribution in [0.1, 0.15) is 10.4 Å². The third-order valence-electron chi connectivity index (χ3n) is 2.55. The summed E-state index contributed by atoms with van der Waals surface area (Å²) in [6.45, 7) is 0. The van der Waals surface area contributed by atoms with E-state index in [0.29, 0.717) is 5.69 Å². The van der Waals surface area contributed by atoms with Gasteiger partial charge in [-0.1, -0.05) is 6.07 Å². The van der Waals surface area contributed by atoms with Gasteiger partial charge in [-0.15, -0.1) is 0 Å². The van der Waals surface area contributed by atoms with Crippen LogP contribution in [0.2, 0.25) is 0 Å². The van der Waals surface area contributed by atoms with Gasteiger partial charge in [-0.2, -0.15) is 0 Å². The Kier molecular flexibility index (Phi) is 3.23. The molecule has 0 atom stereocenters. The number of rotatable bonds is 2. The third-order valence-corrected chi connectivity index (χ3v) is 2.55. The van der Waals surface area contributed by atoms with Gasteiger partial charge in [-0.05, 0) is 18.2 Å². The summed E-state index contributed by atoms with van der Waals surface area (Å²) < 4.78 is 13.1. The maximum atomic E-state index is 13.1. The zero-order valence-electron chi connectivity index (χ0n) is 9.68. The van der Waals surface area contributed by atoms with Crippen molar-refractivity contribution >= 4 is 11.6 Å². The molecule has 18 heavy (non-hydrogen) atoms. The highest BCUT2D eigenvalue weighted by Gasteiger charge is 2.16. The Morgan fingerprint density at radius 2 is 2.11 bits per heavy atom. The average Bonchev–Trinajstić information content (AvgIpc) is 2.37. The van der Waals surface area contributed by atoms with Crippen LogP contribution >= 0.6 is 0 Å². The molecule has 1 aromatic heterocycles. The maximum Gasteiger partial charge on any atom is 0.263 e. The lowest BCUT2D eigenvalue weighted by molar-refractivity contribution is 0.0991. The number of hydrogen-bond donors (Lipinski definition) is 1. The van der Waals surface area contributed by atoms with E-state index >= 15 is 0 Å². The summed E-state index contributed by atoms with van der Waals surface area (Å²) in [5.74, 6) is -0.920. The van der Waals surface area contributed by atoms with E-state index in [1.54, 1.807) is 6.07 Å². The first-order chi connectivity index (χ1) is 8.59. The zero-order valence-corrected chi connectivity index (χ0v) is 9.68. The summed E-state index contributed by atoms with van der Waals surface area (Å²) in [4.78, 5) is 27.5. The second kappa shape index (κ2) is 4.83. The number of amides is 1. The van der Waals surface area contributed by atoms with Crippen molar-refractivity contribution in [3.05, 3.63) is 64.3 Å². The lowest BCUT2D eigenvalue weighted by Gasteiger charge is -2.16. The Hall–Kier alpha value is -2.43. The first kappa shape index (κ1) is 12.0. The molecule has 1 aromatic carbocycles. The molecule has 0 aliphatic heterocycles. The number of anilines is 1. The van der Waals surface area contributed by atoms with Crippen molar-refractivity contribution in [2.75, 3.05) is 11.9 Å². The van der Waals surface area contributed by atoms with Crippen molar-refractivity contribution in [3.8, 4) is 0 Å². The molecule has 0 aliphatic rings. The molecule has 0 spiro atoms. The van der Waals surface area contributed by atoms with Crippen molar-refractivity contribution < 1.29 is 9.18 Å². The van der Waals surface area contributed by atoms with E-state index in [9.17, 15) is 14.0 Å². The zero-order chi connectivity index (χ0) is 13.1. The highest BCUT2D eigenvalue weighted by molar-refractivity contribution is 6.05. The third kappa shape index (κ3) is 2.29. The molecule has 1 heterocycles. The molecular weight excluding hydrogens is 235 g/mol. The van der Waals surface area contributed by atoms with Gasteiger partial charge >= 0.3 is 0 Å². The molecule has 2 aromatic rings. The van der Waals surface area contributed by atoms with Crippen molar-refractivity contribution in [2.24, 2.45) is 0 Å². The number of benzene rings is 1. The molecule has 2 rings (SSSR count). The van der Waals surface area contributed by atoms with E-state index in [-0.39, 0.29) is 11.0 Å². The van der Waals surface area contributed by atoms with Crippen LogP contribution < -0.4 is 10.3 Å². The van der Waals surface area contributed by atoms with E-state index in [4.69, 9.17) is 0 Å². The lowest BCUT2D eigenvalue weighted by atomic mass is 10.2. The highest BCUT2D eigenvalue weighted by Crippen LogP contribution is 2.15. The minimum atomic E-state index is -0.484. The van der Waals surface area contributed by atoms with Crippen LogP contribution in [-0.2, 0) is 0 Å². The summed E-state index contributed by atoms with van der Waals surface area (Å²) in [6.07, 6.45) is 2.78. The maximum absolute atomic E-state index is 13.1. The van der Waals surface area contributed by atoms with Crippen molar-refractivity contribution in [3.63, 3.8) is 0 Å². The molecule has 1 amide bonds. The summed E-state index contributed by atoms with van der Waals surface area (Å²) >= 11 is 0. The second-order valence-electron chi connectivity index (χ2n) is 3.77. The molecule has 0 saturated carbocycles. The number of hydrogen-bond acceptors (Lipinski definition) is 2. The Morgan fingerprint density at radius 1 is 1.33 bits per heavy atom. The van der Waals surface area contributed by atoms with Gasteiger partial charge in [0.2, 0.25) is 0 Å². The van der Waals surface area contributed by atoms with Crippen molar-refractivity contribution in [1.82, 2.24) is 4.98 Å². The largest absolute Gasteiger partial charge is 0.367 e. The number of halogens is 1. The fraction of sp³-hybridized carbons (Fsp3) is 0.0769. The fourth-order valence-electron chi connectivity index (χ4n) is 1.57. The number of pyridine rings is 1. The number of aromatic nitrogens is 1. The Balaban J connectivity index is 2.35. The summed E-state index contributed by atoms with van der Waals surface area (Å²) in [5, 5.41) is 0. The van der Waals surface area contributed by atoms with Crippen LogP contribution in [0.3, 0.4) is 0 Å². The van der Waals surface area contributed by atoms with Gasteiger partial charge in [0, 0.05) is 31.2 Å². The smallest absolute Gasteiger partial charge is 0.263 e. The molecule has 0 bridgehead atoms. The molecule has 0 radical (unpaired) electrons. The van der Waals surface area contributed by atoms with E-state index in [0.717, 1.165) is 0 Å². The Labute approximate surface area is 103 Å². The van der Waals surface area contributed by atoms with Gasteiger partial charge in [-0.3, -0.25) is 9.59 Å². The van der Waals surface area contributed by atoms with Crippen molar-refractivity contribution in [2.45, 2.75) is 0 Å². The Bertz CT molecular complexity index is 637. The molecule has 1 N–H and O–H groups in total. The number of nitrogens with zero attached hydrogens (tertiary/aromatic N) is 1. The van der Waals surface area contributed by atoms with Crippen LogP contribution in [0, 0.1) is 5.82 Å². The minimum Gasteiger partial charge on any atom is -0.367 e. The second-order valence-corrected chi connectivity index (χ2v) is 3.77. The number of carbonyl (C=O) groups excluding carboxylic acids is 1. The summed E-state index contributed by atoms with van der Waals surface area (Å²) in [6, 6.07) is 6.89. The van der Waals surface area contributed by atoms with E-state index in [1.165, 1.54) is 48.6 Å². The Morgan fingerprint density at radius 3 is 2.78 bits per heavy atom. The average molecular weight is 246 g/mol.